The van der Waals surface area contributed by atoms with E-state index in [1.807, 2.05) is 25.3 Å². The molecule has 25 heavy (non-hydrogen) atoms. The van der Waals surface area contributed by atoms with Crippen molar-refractivity contribution in [3.05, 3.63) is 47.7 Å². The lowest BCUT2D eigenvalue weighted by atomic mass is 10.1. The number of aromatic nitrogens is 1. The highest BCUT2D eigenvalue weighted by Gasteiger charge is 2.19. The quantitative estimate of drug-likeness (QED) is 0.893. The second-order valence-corrected chi connectivity index (χ2v) is 6.42. The van der Waals surface area contributed by atoms with E-state index in [2.05, 4.69) is 21.4 Å². The third-order valence-corrected chi connectivity index (χ3v) is 3.47. The molecule has 0 unspecified atom stereocenters. The van der Waals surface area contributed by atoms with Gasteiger partial charge in [0.25, 0.3) is 5.91 Å². The summed E-state index contributed by atoms with van der Waals surface area (Å²) in [5, 5.41) is 14.4. The number of methoxy groups -OCH3 is 1. The molecule has 0 spiro atoms. The van der Waals surface area contributed by atoms with E-state index in [0.29, 0.717) is 22.6 Å². The fourth-order valence-corrected chi connectivity index (χ4v) is 2.27. The Kier molecular flexibility index (Phi) is 5.13. The predicted molar refractivity (Wildman–Crippen MR) is 94.6 cm³/mol. The number of amides is 2. The van der Waals surface area contributed by atoms with Crippen LogP contribution in [0.25, 0.3) is 0 Å². The Morgan fingerprint density at radius 2 is 1.92 bits per heavy atom. The van der Waals surface area contributed by atoms with Crippen molar-refractivity contribution in [1.82, 2.24) is 4.57 Å². The summed E-state index contributed by atoms with van der Waals surface area (Å²) in [7, 11) is 1.26. The van der Waals surface area contributed by atoms with Crippen LogP contribution in [-0.2, 0) is 10.3 Å². The number of nitrogens with one attached hydrogen (secondary N) is 2. The molecular formula is C18H20N4O3. The lowest BCUT2D eigenvalue weighted by Gasteiger charge is -2.24. The zero-order valence-corrected chi connectivity index (χ0v) is 14.6. The summed E-state index contributed by atoms with van der Waals surface area (Å²) in [6, 6.07) is 10.2. The SMILES string of the molecule is COC(=O)Nc1cccc(C(=O)Nc2cc(C#N)cn2C(C)(C)C)c1. The van der Waals surface area contributed by atoms with Crippen molar-refractivity contribution in [2.75, 3.05) is 17.7 Å². The van der Waals surface area contributed by atoms with Crippen LogP contribution in [0.3, 0.4) is 0 Å². The molecule has 1 heterocycles. The van der Waals surface area contributed by atoms with Gasteiger partial charge in [-0.2, -0.15) is 5.26 Å². The second kappa shape index (κ2) is 7.09. The average molecular weight is 340 g/mol. The maximum absolute atomic E-state index is 12.5. The van der Waals surface area contributed by atoms with Crippen LogP contribution in [0.2, 0.25) is 0 Å². The third kappa shape index (κ3) is 4.38. The highest BCUT2D eigenvalue weighted by atomic mass is 16.5. The molecule has 7 nitrogen and oxygen atoms in total. The first kappa shape index (κ1) is 18.1. The normalized spacial score (nSPS) is 10.7. The number of hydrogen-bond acceptors (Lipinski definition) is 4. The number of benzene rings is 1. The minimum absolute atomic E-state index is 0.300. The lowest BCUT2D eigenvalue weighted by Crippen LogP contribution is -2.25. The Morgan fingerprint density at radius 3 is 2.52 bits per heavy atom. The molecule has 1 aromatic carbocycles. The Bertz CT molecular complexity index is 841. The maximum atomic E-state index is 12.5. The maximum Gasteiger partial charge on any atom is 0.411 e. The minimum atomic E-state index is -0.613. The van der Waals surface area contributed by atoms with Gasteiger partial charge < -0.3 is 14.6 Å². The Balaban J connectivity index is 2.26. The summed E-state index contributed by atoms with van der Waals surface area (Å²) in [6.07, 6.45) is 1.09. The van der Waals surface area contributed by atoms with Crippen molar-refractivity contribution < 1.29 is 14.3 Å². The van der Waals surface area contributed by atoms with Gasteiger partial charge >= 0.3 is 6.09 Å². The second-order valence-electron chi connectivity index (χ2n) is 6.42. The first-order valence-corrected chi connectivity index (χ1v) is 7.64. The molecule has 0 atom stereocenters. The largest absolute Gasteiger partial charge is 0.453 e. The van der Waals surface area contributed by atoms with Crippen LogP contribution in [0.5, 0.6) is 0 Å². The third-order valence-electron chi connectivity index (χ3n) is 3.47. The summed E-state index contributed by atoms with van der Waals surface area (Å²) in [5.41, 5.74) is 0.982. The molecule has 0 fully saturated rings. The molecule has 130 valence electrons. The number of ether oxygens (including phenoxy) is 1. The lowest BCUT2D eigenvalue weighted by molar-refractivity contribution is 0.102. The van der Waals surface area contributed by atoms with E-state index in [1.165, 1.54) is 7.11 Å². The van der Waals surface area contributed by atoms with Gasteiger partial charge in [0.05, 0.1) is 12.7 Å². The Labute approximate surface area is 146 Å². The fourth-order valence-electron chi connectivity index (χ4n) is 2.27. The molecule has 1 aromatic heterocycles. The number of rotatable bonds is 3. The average Bonchev–Trinajstić information content (AvgIpc) is 2.98. The molecule has 2 rings (SSSR count). The highest BCUT2D eigenvalue weighted by molar-refractivity contribution is 6.05. The number of carbonyl (C=O) groups excluding carboxylic acids is 2. The summed E-state index contributed by atoms with van der Waals surface area (Å²) >= 11 is 0. The van der Waals surface area contributed by atoms with Gasteiger partial charge in [-0.25, -0.2) is 4.79 Å². The predicted octanol–water partition coefficient (Wildman–Crippen LogP) is 3.55. The van der Waals surface area contributed by atoms with Gasteiger partial charge in [-0.05, 0) is 45.0 Å². The van der Waals surface area contributed by atoms with Crippen LogP contribution < -0.4 is 10.6 Å². The van der Waals surface area contributed by atoms with Gasteiger partial charge in [-0.1, -0.05) is 6.07 Å². The number of nitrogens with zero attached hydrogens (tertiary/aromatic N) is 2. The molecule has 0 aliphatic heterocycles. The van der Waals surface area contributed by atoms with Gasteiger partial charge in [0.15, 0.2) is 0 Å². The van der Waals surface area contributed by atoms with Crippen molar-refractivity contribution in [2.24, 2.45) is 0 Å². The number of hydrogen-bond donors (Lipinski definition) is 2. The molecule has 2 N–H and O–H groups in total. The van der Waals surface area contributed by atoms with E-state index in [9.17, 15) is 9.59 Å². The van der Waals surface area contributed by atoms with Crippen LogP contribution in [0.4, 0.5) is 16.3 Å². The Hall–Kier alpha value is -3.27. The topological polar surface area (TPSA) is 96.2 Å². The molecule has 2 amide bonds. The van der Waals surface area contributed by atoms with Crippen LogP contribution in [0, 0.1) is 11.3 Å². The smallest absolute Gasteiger partial charge is 0.411 e. The summed E-state index contributed by atoms with van der Waals surface area (Å²) < 4.78 is 6.37. The molecule has 0 saturated carbocycles. The van der Waals surface area contributed by atoms with Crippen LogP contribution in [0.15, 0.2) is 36.5 Å². The first-order valence-electron chi connectivity index (χ1n) is 7.64. The first-order chi connectivity index (χ1) is 11.7. The molecule has 7 heteroatoms. The monoisotopic (exact) mass is 340 g/mol. The van der Waals surface area contributed by atoms with Gasteiger partial charge in [0, 0.05) is 23.0 Å². The van der Waals surface area contributed by atoms with E-state index in [-0.39, 0.29) is 11.4 Å². The Morgan fingerprint density at radius 1 is 1.20 bits per heavy atom. The molecule has 0 saturated heterocycles. The summed E-state index contributed by atoms with van der Waals surface area (Å²) in [4.78, 5) is 23.8. The van der Waals surface area contributed by atoms with E-state index >= 15 is 0 Å². The van der Waals surface area contributed by atoms with Gasteiger partial charge in [-0.3, -0.25) is 10.1 Å². The van der Waals surface area contributed by atoms with Crippen molar-refractivity contribution in [3.8, 4) is 6.07 Å². The van der Waals surface area contributed by atoms with Gasteiger partial charge in [0.1, 0.15) is 11.9 Å². The molecular weight excluding hydrogens is 320 g/mol. The number of carbonyl (C=O) groups is 2. The summed E-state index contributed by atoms with van der Waals surface area (Å²) in [6.45, 7) is 5.93. The van der Waals surface area contributed by atoms with E-state index in [1.54, 1.807) is 36.5 Å². The molecule has 0 aliphatic rings. The molecule has 0 aliphatic carbocycles. The minimum Gasteiger partial charge on any atom is -0.453 e. The van der Waals surface area contributed by atoms with E-state index in [4.69, 9.17) is 5.26 Å². The van der Waals surface area contributed by atoms with E-state index in [0.717, 1.165) is 0 Å². The summed E-state index contributed by atoms with van der Waals surface area (Å²) in [5.74, 6) is 0.182. The standard InChI is InChI=1S/C18H20N4O3/c1-18(2,3)22-11-12(10-19)8-15(22)21-16(23)13-6-5-7-14(9-13)20-17(24)25-4/h5-9,11H,1-4H3,(H,20,24)(H,21,23). The molecule has 2 aromatic rings. The van der Waals surface area contributed by atoms with Crippen molar-refractivity contribution in [2.45, 2.75) is 26.3 Å². The molecule has 0 radical (unpaired) electrons. The van der Waals surface area contributed by atoms with Crippen LogP contribution in [0.1, 0.15) is 36.7 Å². The number of anilines is 2. The van der Waals surface area contributed by atoms with Gasteiger partial charge in [-0.15, -0.1) is 0 Å². The zero-order chi connectivity index (χ0) is 18.6. The van der Waals surface area contributed by atoms with E-state index < -0.39 is 6.09 Å². The zero-order valence-electron chi connectivity index (χ0n) is 14.6. The highest BCUT2D eigenvalue weighted by Crippen LogP contribution is 2.24. The van der Waals surface area contributed by atoms with Crippen molar-refractivity contribution in [3.63, 3.8) is 0 Å². The van der Waals surface area contributed by atoms with Crippen molar-refractivity contribution >= 4 is 23.5 Å². The fraction of sp³-hybridized carbons (Fsp3) is 0.278. The van der Waals surface area contributed by atoms with Crippen LogP contribution in [-0.4, -0.2) is 23.7 Å². The van der Waals surface area contributed by atoms with Gasteiger partial charge in [0.2, 0.25) is 0 Å². The molecule has 0 bridgehead atoms. The number of nitriles is 1. The van der Waals surface area contributed by atoms with Crippen molar-refractivity contribution in [1.29, 1.82) is 5.26 Å². The van der Waals surface area contributed by atoms with Crippen LogP contribution >= 0.6 is 0 Å².